The summed E-state index contributed by atoms with van der Waals surface area (Å²) in [5.41, 5.74) is 2.97. The number of fused-ring (bicyclic) bond motifs is 1. The number of amides is 2. The Morgan fingerprint density at radius 1 is 1.24 bits per heavy atom. The molecule has 2 N–H and O–H groups in total. The Morgan fingerprint density at radius 3 is 2.80 bits per heavy atom. The average Bonchev–Trinajstić information content (AvgIpc) is 3.15. The quantitative estimate of drug-likeness (QED) is 0.897. The second-order valence-corrected chi connectivity index (χ2v) is 6.06. The number of nitrogens with one attached hydrogen (secondary N) is 1. The third kappa shape index (κ3) is 2.72. The zero-order chi connectivity index (χ0) is 17.6. The molecule has 1 atom stereocenters. The number of carbonyl (C=O) groups excluding carboxylic acids is 2. The highest BCUT2D eigenvalue weighted by molar-refractivity contribution is 6.00. The summed E-state index contributed by atoms with van der Waals surface area (Å²) < 4.78 is 19.6. The summed E-state index contributed by atoms with van der Waals surface area (Å²) in [5, 5.41) is 11.8. The zero-order valence-electron chi connectivity index (χ0n) is 13.2. The van der Waals surface area contributed by atoms with Crippen LogP contribution in [0.2, 0.25) is 0 Å². The molecule has 0 spiro atoms. The summed E-state index contributed by atoms with van der Waals surface area (Å²) in [5.74, 6) is -0.559. The Hall–Kier alpha value is -2.93. The van der Waals surface area contributed by atoms with E-state index < -0.39 is 18.0 Å². The molecule has 0 aromatic heterocycles. The molecule has 0 aliphatic carbocycles. The lowest BCUT2D eigenvalue weighted by Crippen LogP contribution is -2.25. The number of hydrogen-bond donors (Lipinski definition) is 2. The topological polar surface area (TPSA) is 78.9 Å². The zero-order valence-corrected chi connectivity index (χ0v) is 13.2. The molecule has 0 unspecified atom stereocenters. The van der Waals surface area contributed by atoms with E-state index in [-0.39, 0.29) is 19.1 Å². The lowest BCUT2D eigenvalue weighted by Gasteiger charge is -2.14. The van der Waals surface area contributed by atoms with Gasteiger partial charge in [-0.05, 0) is 35.4 Å². The van der Waals surface area contributed by atoms with Gasteiger partial charge in [-0.3, -0.25) is 9.69 Å². The highest BCUT2D eigenvalue weighted by atomic mass is 19.1. The first-order chi connectivity index (χ1) is 12.0. The van der Waals surface area contributed by atoms with Crippen molar-refractivity contribution in [2.75, 3.05) is 23.4 Å². The van der Waals surface area contributed by atoms with Gasteiger partial charge in [0.25, 0.3) is 0 Å². The van der Waals surface area contributed by atoms with E-state index in [1.165, 1.54) is 11.0 Å². The number of halogens is 1. The monoisotopic (exact) mass is 342 g/mol. The summed E-state index contributed by atoms with van der Waals surface area (Å²) in [4.78, 5) is 24.5. The van der Waals surface area contributed by atoms with Crippen molar-refractivity contribution in [3.8, 4) is 11.1 Å². The van der Waals surface area contributed by atoms with Gasteiger partial charge in [-0.2, -0.15) is 0 Å². The second kappa shape index (κ2) is 5.86. The van der Waals surface area contributed by atoms with Crippen LogP contribution in [0.25, 0.3) is 11.1 Å². The number of hydrogen-bond acceptors (Lipinski definition) is 4. The van der Waals surface area contributed by atoms with Gasteiger partial charge in [0, 0.05) is 11.3 Å². The molecule has 2 aliphatic heterocycles. The van der Waals surface area contributed by atoms with E-state index in [1.807, 2.05) is 0 Å². The van der Waals surface area contributed by atoms with Crippen LogP contribution in [0.4, 0.5) is 20.6 Å². The predicted molar refractivity (Wildman–Crippen MR) is 88.9 cm³/mol. The smallest absolute Gasteiger partial charge is 0.414 e. The van der Waals surface area contributed by atoms with Crippen LogP contribution in [-0.4, -0.2) is 36.4 Å². The van der Waals surface area contributed by atoms with Crippen molar-refractivity contribution < 1.29 is 23.8 Å². The van der Waals surface area contributed by atoms with Crippen molar-refractivity contribution in [2.24, 2.45) is 0 Å². The van der Waals surface area contributed by atoms with E-state index in [4.69, 9.17) is 9.84 Å². The normalized spacial score (nSPS) is 19.0. The minimum atomic E-state index is -0.605. The fourth-order valence-corrected chi connectivity index (χ4v) is 3.12. The summed E-state index contributed by atoms with van der Waals surface area (Å²) in [7, 11) is 0. The molecule has 2 aromatic carbocycles. The number of rotatable bonds is 3. The number of benzene rings is 2. The van der Waals surface area contributed by atoms with Crippen LogP contribution in [0.1, 0.15) is 5.56 Å². The fourth-order valence-electron chi connectivity index (χ4n) is 3.12. The number of aliphatic hydroxyl groups is 1. The van der Waals surface area contributed by atoms with Gasteiger partial charge >= 0.3 is 6.09 Å². The lowest BCUT2D eigenvalue weighted by molar-refractivity contribution is -0.115. The summed E-state index contributed by atoms with van der Waals surface area (Å²) >= 11 is 0. The molecule has 6 nitrogen and oxygen atoms in total. The maximum atomic E-state index is 14.6. The molecule has 0 radical (unpaired) electrons. The molecule has 7 heteroatoms. The van der Waals surface area contributed by atoms with Crippen molar-refractivity contribution >= 4 is 23.4 Å². The molecule has 2 aromatic rings. The van der Waals surface area contributed by atoms with E-state index in [0.29, 0.717) is 28.9 Å². The molecule has 25 heavy (non-hydrogen) atoms. The Kier molecular flexibility index (Phi) is 3.65. The van der Waals surface area contributed by atoms with Gasteiger partial charge in [0.05, 0.1) is 25.3 Å². The number of nitrogens with zero attached hydrogens (tertiary/aromatic N) is 1. The molecule has 1 fully saturated rings. The Bertz CT molecular complexity index is 883. The highest BCUT2D eigenvalue weighted by Gasteiger charge is 2.32. The third-order valence-electron chi connectivity index (χ3n) is 4.39. The maximum Gasteiger partial charge on any atom is 0.414 e. The third-order valence-corrected chi connectivity index (χ3v) is 4.39. The first-order valence-corrected chi connectivity index (χ1v) is 7.87. The van der Waals surface area contributed by atoms with Gasteiger partial charge < -0.3 is 15.2 Å². The van der Waals surface area contributed by atoms with E-state index in [1.54, 1.807) is 30.3 Å². The molecule has 2 amide bonds. The minimum Gasteiger partial charge on any atom is -0.441 e. The number of aliphatic hydroxyl groups excluding tert-OH is 1. The van der Waals surface area contributed by atoms with Crippen LogP contribution in [0.5, 0.6) is 0 Å². The number of cyclic esters (lactones) is 1. The first kappa shape index (κ1) is 15.6. The van der Waals surface area contributed by atoms with Crippen LogP contribution in [0.15, 0.2) is 36.4 Å². The Balaban J connectivity index is 1.64. The highest BCUT2D eigenvalue weighted by Crippen LogP contribution is 2.33. The molecular formula is C18H15FN2O4. The molecule has 0 bridgehead atoms. The molecule has 4 rings (SSSR count). The van der Waals surface area contributed by atoms with E-state index >= 15 is 0 Å². The molecule has 1 saturated heterocycles. The van der Waals surface area contributed by atoms with Crippen molar-refractivity contribution in [3.05, 3.63) is 47.8 Å². The van der Waals surface area contributed by atoms with Gasteiger partial charge in [-0.25, -0.2) is 9.18 Å². The van der Waals surface area contributed by atoms with E-state index in [9.17, 15) is 14.0 Å². The van der Waals surface area contributed by atoms with Gasteiger partial charge in [-0.1, -0.05) is 12.1 Å². The van der Waals surface area contributed by atoms with Crippen LogP contribution in [0.3, 0.4) is 0 Å². The van der Waals surface area contributed by atoms with Crippen LogP contribution < -0.4 is 10.2 Å². The van der Waals surface area contributed by atoms with Crippen LogP contribution in [0, 0.1) is 5.82 Å². The number of carbonyl (C=O) groups is 2. The van der Waals surface area contributed by atoms with Crippen molar-refractivity contribution in [1.82, 2.24) is 0 Å². The van der Waals surface area contributed by atoms with E-state index in [2.05, 4.69) is 5.32 Å². The van der Waals surface area contributed by atoms with Gasteiger partial charge in [-0.15, -0.1) is 0 Å². The number of ether oxygens (including phenoxy) is 1. The second-order valence-electron chi connectivity index (χ2n) is 6.06. The Morgan fingerprint density at radius 2 is 2.08 bits per heavy atom. The number of anilines is 2. The van der Waals surface area contributed by atoms with Crippen LogP contribution >= 0.6 is 0 Å². The SMILES string of the molecule is O=C1Cc2ccc(-c3ccc(N4C[C@H](CO)OC4=O)cc3F)cc2N1. The molecule has 2 aliphatic rings. The summed E-state index contributed by atoms with van der Waals surface area (Å²) in [6, 6.07) is 9.79. The summed E-state index contributed by atoms with van der Waals surface area (Å²) in [6.07, 6.45) is -0.873. The van der Waals surface area contributed by atoms with Crippen LogP contribution in [-0.2, 0) is 16.0 Å². The average molecular weight is 342 g/mol. The largest absolute Gasteiger partial charge is 0.441 e. The molecule has 0 saturated carbocycles. The molecule has 2 heterocycles. The van der Waals surface area contributed by atoms with E-state index in [0.717, 1.165) is 5.56 Å². The van der Waals surface area contributed by atoms with Gasteiger partial charge in [0.15, 0.2) is 0 Å². The van der Waals surface area contributed by atoms with Crippen molar-refractivity contribution in [1.29, 1.82) is 0 Å². The molecular weight excluding hydrogens is 327 g/mol. The molecule has 128 valence electrons. The van der Waals surface area contributed by atoms with Crippen molar-refractivity contribution in [2.45, 2.75) is 12.5 Å². The first-order valence-electron chi connectivity index (χ1n) is 7.87. The van der Waals surface area contributed by atoms with Gasteiger partial charge in [0.2, 0.25) is 5.91 Å². The van der Waals surface area contributed by atoms with Crippen molar-refractivity contribution in [3.63, 3.8) is 0 Å². The maximum absolute atomic E-state index is 14.6. The standard InChI is InChI=1S/C18H15FN2O4/c19-15-7-12(21-8-13(9-22)25-18(21)24)3-4-14(15)10-1-2-11-6-17(23)20-16(11)5-10/h1-5,7,13,22H,6,8-9H2,(H,20,23)/t13-/m1/s1. The minimum absolute atomic E-state index is 0.0750. The lowest BCUT2D eigenvalue weighted by atomic mass is 10.0. The summed E-state index contributed by atoms with van der Waals surface area (Å²) in [6.45, 7) is -0.0946. The fraction of sp³-hybridized carbons (Fsp3) is 0.222. The van der Waals surface area contributed by atoms with Gasteiger partial charge in [0.1, 0.15) is 11.9 Å². The predicted octanol–water partition coefficient (Wildman–Crippen LogP) is 2.30. The Labute approximate surface area is 142 Å².